The van der Waals surface area contributed by atoms with E-state index in [1.165, 1.54) is 0 Å². The number of halogens is 1. The molecular weight excluding hydrogens is 414 g/mol. The van der Waals surface area contributed by atoms with E-state index < -0.39 is 11.9 Å². The number of carbonyl (C=O) groups excluding carboxylic acids is 3. The predicted molar refractivity (Wildman–Crippen MR) is 124 cm³/mol. The second-order valence-electron chi connectivity index (χ2n) is 8.43. The van der Waals surface area contributed by atoms with Crippen molar-refractivity contribution in [3.63, 3.8) is 0 Å². The minimum atomic E-state index is -0.753. The molecule has 3 N–H and O–H groups in total. The molecule has 166 valence electrons. The van der Waals surface area contributed by atoms with Gasteiger partial charge in [-0.25, -0.2) is 0 Å². The standard InChI is InChI=1S/C24H30ClN3O3/c1-6-24(4,5)28-21(29)16-11-13-17(14-12-16)26-23(31)20(15(2)3)27-22(30)18-9-7-8-10-19(18)25/h7-15,20H,6H2,1-5H3,(H,26,31)(H,27,30)(H,28,29). The maximum atomic E-state index is 12.8. The Bertz CT molecular complexity index is 939. The van der Waals surface area contributed by atoms with E-state index in [1.54, 1.807) is 48.5 Å². The molecule has 7 heteroatoms. The SMILES string of the molecule is CCC(C)(C)NC(=O)c1ccc(NC(=O)C(NC(=O)c2ccccc2Cl)C(C)C)cc1. The van der Waals surface area contributed by atoms with Gasteiger partial charge in [0.15, 0.2) is 0 Å². The van der Waals surface area contributed by atoms with Crippen molar-refractivity contribution in [3.8, 4) is 0 Å². The van der Waals surface area contributed by atoms with E-state index >= 15 is 0 Å². The summed E-state index contributed by atoms with van der Waals surface area (Å²) in [6.45, 7) is 9.62. The van der Waals surface area contributed by atoms with Crippen molar-refractivity contribution in [2.45, 2.75) is 52.6 Å². The molecule has 0 bridgehead atoms. The van der Waals surface area contributed by atoms with Gasteiger partial charge in [-0.05, 0) is 62.6 Å². The van der Waals surface area contributed by atoms with Crippen LogP contribution in [0.3, 0.4) is 0 Å². The monoisotopic (exact) mass is 443 g/mol. The molecule has 3 amide bonds. The summed E-state index contributed by atoms with van der Waals surface area (Å²) in [5.74, 6) is -1.07. The Morgan fingerprint density at radius 3 is 2.13 bits per heavy atom. The lowest BCUT2D eigenvalue weighted by molar-refractivity contribution is -0.118. The van der Waals surface area contributed by atoms with Crippen LogP contribution in [0.1, 0.15) is 61.8 Å². The molecular formula is C24H30ClN3O3. The zero-order valence-electron chi connectivity index (χ0n) is 18.6. The summed E-state index contributed by atoms with van der Waals surface area (Å²) < 4.78 is 0. The molecule has 1 unspecified atom stereocenters. The van der Waals surface area contributed by atoms with Crippen molar-refractivity contribution in [1.82, 2.24) is 10.6 Å². The average molecular weight is 444 g/mol. The lowest BCUT2D eigenvalue weighted by Crippen LogP contribution is -2.47. The van der Waals surface area contributed by atoms with Crippen LogP contribution in [0.25, 0.3) is 0 Å². The second kappa shape index (κ2) is 10.4. The molecule has 6 nitrogen and oxygen atoms in total. The van der Waals surface area contributed by atoms with Gasteiger partial charge in [-0.2, -0.15) is 0 Å². The van der Waals surface area contributed by atoms with Crippen LogP contribution >= 0.6 is 11.6 Å². The summed E-state index contributed by atoms with van der Waals surface area (Å²) in [6.07, 6.45) is 0.809. The smallest absolute Gasteiger partial charge is 0.253 e. The Kier molecular flexibility index (Phi) is 8.22. The summed E-state index contributed by atoms with van der Waals surface area (Å²) >= 11 is 6.09. The molecule has 0 saturated carbocycles. The number of hydrogen-bond acceptors (Lipinski definition) is 3. The van der Waals surface area contributed by atoms with Crippen molar-refractivity contribution >= 4 is 35.0 Å². The van der Waals surface area contributed by atoms with Crippen LogP contribution in [0, 0.1) is 5.92 Å². The fourth-order valence-corrected chi connectivity index (χ4v) is 3.01. The first-order chi connectivity index (χ1) is 14.5. The summed E-state index contributed by atoms with van der Waals surface area (Å²) in [5, 5.41) is 8.85. The number of rotatable bonds is 8. The highest BCUT2D eigenvalue weighted by Crippen LogP contribution is 2.17. The molecule has 0 fully saturated rings. The maximum absolute atomic E-state index is 12.8. The van der Waals surface area contributed by atoms with Crippen LogP contribution in [0.4, 0.5) is 5.69 Å². The first-order valence-corrected chi connectivity index (χ1v) is 10.7. The van der Waals surface area contributed by atoms with Crippen molar-refractivity contribution in [3.05, 3.63) is 64.7 Å². The average Bonchev–Trinajstić information content (AvgIpc) is 2.72. The molecule has 0 aromatic heterocycles. The summed E-state index contributed by atoms with van der Waals surface area (Å²) in [5.41, 5.74) is 1.06. The Labute approximate surface area is 188 Å². The van der Waals surface area contributed by atoms with Crippen LogP contribution < -0.4 is 16.0 Å². The minimum Gasteiger partial charge on any atom is -0.347 e. The molecule has 0 saturated heterocycles. The van der Waals surface area contributed by atoms with E-state index in [2.05, 4.69) is 16.0 Å². The quantitative estimate of drug-likeness (QED) is 0.554. The van der Waals surface area contributed by atoms with E-state index in [0.29, 0.717) is 21.8 Å². The van der Waals surface area contributed by atoms with E-state index in [1.807, 2.05) is 34.6 Å². The van der Waals surface area contributed by atoms with Gasteiger partial charge in [0.2, 0.25) is 5.91 Å². The van der Waals surface area contributed by atoms with Gasteiger partial charge in [0.25, 0.3) is 11.8 Å². The van der Waals surface area contributed by atoms with Gasteiger partial charge >= 0.3 is 0 Å². The van der Waals surface area contributed by atoms with Crippen molar-refractivity contribution < 1.29 is 14.4 Å². The van der Waals surface area contributed by atoms with Crippen LogP contribution in [0.5, 0.6) is 0 Å². The van der Waals surface area contributed by atoms with Crippen molar-refractivity contribution in [2.75, 3.05) is 5.32 Å². The van der Waals surface area contributed by atoms with Gasteiger partial charge in [-0.3, -0.25) is 14.4 Å². The van der Waals surface area contributed by atoms with Gasteiger partial charge < -0.3 is 16.0 Å². The van der Waals surface area contributed by atoms with Gasteiger partial charge in [0, 0.05) is 16.8 Å². The van der Waals surface area contributed by atoms with Crippen LogP contribution in [0.2, 0.25) is 5.02 Å². The third-order valence-corrected chi connectivity index (χ3v) is 5.43. The topological polar surface area (TPSA) is 87.3 Å². The molecule has 0 radical (unpaired) electrons. The Balaban J connectivity index is 2.06. The Morgan fingerprint density at radius 1 is 0.968 bits per heavy atom. The van der Waals surface area contributed by atoms with Gasteiger partial charge in [-0.15, -0.1) is 0 Å². The molecule has 1 atom stereocenters. The first-order valence-electron chi connectivity index (χ1n) is 10.3. The largest absolute Gasteiger partial charge is 0.347 e. The zero-order valence-corrected chi connectivity index (χ0v) is 19.3. The fraction of sp³-hybridized carbons (Fsp3) is 0.375. The minimum absolute atomic E-state index is 0.146. The highest BCUT2D eigenvalue weighted by Gasteiger charge is 2.26. The van der Waals surface area contributed by atoms with E-state index in [-0.39, 0.29) is 23.3 Å². The van der Waals surface area contributed by atoms with Gasteiger partial charge in [-0.1, -0.05) is 44.5 Å². The molecule has 0 aliphatic carbocycles. The number of amides is 3. The molecule has 0 spiro atoms. The number of carbonyl (C=O) groups is 3. The summed E-state index contributed by atoms with van der Waals surface area (Å²) in [6, 6.07) is 12.6. The molecule has 2 aromatic rings. The lowest BCUT2D eigenvalue weighted by atomic mass is 10.0. The predicted octanol–water partition coefficient (Wildman–Crippen LogP) is 4.65. The summed E-state index contributed by atoms with van der Waals surface area (Å²) in [7, 11) is 0. The van der Waals surface area contributed by atoms with Gasteiger partial charge in [0.1, 0.15) is 6.04 Å². The molecule has 31 heavy (non-hydrogen) atoms. The van der Waals surface area contributed by atoms with Crippen LogP contribution in [0.15, 0.2) is 48.5 Å². The number of anilines is 1. The second-order valence-corrected chi connectivity index (χ2v) is 8.84. The van der Waals surface area contributed by atoms with Crippen molar-refractivity contribution in [1.29, 1.82) is 0 Å². The lowest BCUT2D eigenvalue weighted by Gasteiger charge is -2.24. The van der Waals surface area contributed by atoms with E-state index in [0.717, 1.165) is 6.42 Å². The first kappa shape index (κ1) is 24.4. The summed E-state index contributed by atoms with van der Waals surface area (Å²) in [4.78, 5) is 37.8. The molecule has 0 aliphatic rings. The Hall–Kier alpha value is -2.86. The fourth-order valence-electron chi connectivity index (χ4n) is 2.79. The molecule has 0 heterocycles. The van der Waals surface area contributed by atoms with E-state index in [9.17, 15) is 14.4 Å². The molecule has 2 aromatic carbocycles. The normalized spacial score (nSPS) is 12.2. The van der Waals surface area contributed by atoms with Crippen LogP contribution in [-0.4, -0.2) is 29.3 Å². The Morgan fingerprint density at radius 2 is 1.58 bits per heavy atom. The van der Waals surface area contributed by atoms with Gasteiger partial charge in [0.05, 0.1) is 10.6 Å². The number of nitrogens with one attached hydrogen (secondary N) is 3. The number of hydrogen-bond donors (Lipinski definition) is 3. The van der Waals surface area contributed by atoms with Crippen LogP contribution in [-0.2, 0) is 4.79 Å². The molecule has 2 rings (SSSR count). The van der Waals surface area contributed by atoms with Crippen molar-refractivity contribution in [2.24, 2.45) is 5.92 Å². The third kappa shape index (κ3) is 6.82. The molecule has 0 aliphatic heterocycles. The number of benzene rings is 2. The van der Waals surface area contributed by atoms with E-state index in [4.69, 9.17) is 11.6 Å². The maximum Gasteiger partial charge on any atom is 0.253 e. The highest BCUT2D eigenvalue weighted by molar-refractivity contribution is 6.33. The third-order valence-electron chi connectivity index (χ3n) is 5.10. The highest BCUT2D eigenvalue weighted by atomic mass is 35.5. The zero-order chi connectivity index (χ0) is 23.2.